The average Bonchev–Trinajstić information content (AvgIpc) is 2.88. The normalized spacial score (nSPS) is 23.0. The highest BCUT2D eigenvalue weighted by atomic mass is 16.7. The summed E-state index contributed by atoms with van der Waals surface area (Å²) in [6.07, 6.45) is 4.25. The molecule has 4 heteroatoms. The van der Waals surface area contributed by atoms with Gasteiger partial charge in [-0.3, -0.25) is 4.79 Å². The maximum Gasteiger partial charge on any atom is 0.252 e. The molecule has 0 radical (unpaired) electrons. The number of aryl methyl sites for hydroxylation is 3. The van der Waals surface area contributed by atoms with E-state index in [1.807, 2.05) is 5.06 Å². The number of carbonyl (C=O) groups is 1. The zero-order valence-electron chi connectivity index (χ0n) is 14.5. The van der Waals surface area contributed by atoms with Gasteiger partial charge in [-0.05, 0) is 62.3 Å². The lowest BCUT2D eigenvalue weighted by atomic mass is 9.89. The minimum atomic E-state index is 0.0687. The molecule has 0 aromatic heterocycles. The predicted octanol–water partition coefficient (Wildman–Crippen LogP) is 2.77. The minimum absolute atomic E-state index is 0.0687. The van der Waals surface area contributed by atoms with Crippen molar-refractivity contribution in [3.63, 3.8) is 0 Å². The second-order valence-electron chi connectivity index (χ2n) is 6.80. The van der Waals surface area contributed by atoms with Gasteiger partial charge in [0.15, 0.2) is 0 Å². The number of hydrogen-bond acceptors (Lipinski definition) is 3. The van der Waals surface area contributed by atoms with E-state index in [0.717, 1.165) is 37.1 Å². The molecule has 2 aliphatic heterocycles. The Kier molecular flexibility index (Phi) is 4.55. The number of hydrogen-bond donors (Lipinski definition) is 1. The Bertz CT molecular complexity index is 620. The first kappa shape index (κ1) is 16.2. The van der Waals surface area contributed by atoms with Crippen molar-refractivity contribution in [3.8, 4) is 0 Å². The molecule has 3 rings (SSSR count). The largest absolute Gasteiger partial charge is 0.346 e. The number of hydroxylamine groups is 2. The lowest BCUT2D eigenvalue weighted by Gasteiger charge is -2.32. The number of carbonyl (C=O) groups excluding carboxylic acids is 1. The lowest BCUT2D eigenvalue weighted by Crippen LogP contribution is -2.41. The van der Waals surface area contributed by atoms with Crippen molar-refractivity contribution in [1.29, 1.82) is 0 Å². The molecule has 1 aromatic carbocycles. The molecule has 124 valence electrons. The van der Waals surface area contributed by atoms with Crippen molar-refractivity contribution in [2.75, 3.05) is 20.2 Å². The van der Waals surface area contributed by atoms with Gasteiger partial charge in [0.1, 0.15) is 0 Å². The van der Waals surface area contributed by atoms with Crippen LogP contribution < -0.4 is 5.32 Å². The Morgan fingerprint density at radius 2 is 1.74 bits per heavy atom. The van der Waals surface area contributed by atoms with E-state index in [4.69, 9.17) is 4.84 Å². The third kappa shape index (κ3) is 3.19. The molecule has 2 heterocycles. The summed E-state index contributed by atoms with van der Waals surface area (Å²) in [6, 6.07) is 4.46. The van der Waals surface area contributed by atoms with Crippen LogP contribution in [0, 0.1) is 26.7 Å². The molecule has 0 spiro atoms. The smallest absolute Gasteiger partial charge is 0.252 e. The minimum Gasteiger partial charge on any atom is -0.346 e. The summed E-state index contributed by atoms with van der Waals surface area (Å²) in [5.41, 5.74) is 5.55. The Morgan fingerprint density at radius 1 is 1.13 bits per heavy atom. The molecular weight excluding hydrogens is 288 g/mol. The van der Waals surface area contributed by atoms with Crippen LogP contribution in [0.2, 0.25) is 0 Å². The molecule has 1 N–H and O–H groups in total. The van der Waals surface area contributed by atoms with Crippen LogP contribution in [0.25, 0.3) is 5.57 Å². The fraction of sp³-hybridized carbons (Fsp3) is 0.526. The van der Waals surface area contributed by atoms with Crippen molar-refractivity contribution in [2.45, 2.75) is 39.7 Å². The number of benzene rings is 1. The molecule has 1 amide bonds. The number of piperidine rings is 1. The van der Waals surface area contributed by atoms with Crippen molar-refractivity contribution in [1.82, 2.24) is 10.4 Å². The summed E-state index contributed by atoms with van der Waals surface area (Å²) in [7, 11) is 1.72. The summed E-state index contributed by atoms with van der Waals surface area (Å²) in [4.78, 5) is 17.8. The van der Waals surface area contributed by atoms with Crippen molar-refractivity contribution in [2.24, 2.45) is 5.92 Å². The second kappa shape index (κ2) is 6.46. The van der Waals surface area contributed by atoms with E-state index in [1.54, 1.807) is 7.11 Å². The highest BCUT2D eigenvalue weighted by Gasteiger charge is 2.33. The van der Waals surface area contributed by atoms with Crippen molar-refractivity contribution >= 4 is 11.5 Å². The van der Waals surface area contributed by atoms with Gasteiger partial charge >= 0.3 is 0 Å². The molecule has 2 aliphatic rings. The summed E-state index contributed by atoms with van der Waals surface area (Å²) in [5.74, 6) is 0.563. The van der Waals surface area contributed by atoms with Gasteiger partial charge in [-0.15, -0.1) is 0 Å². The van der Waals surface area contributed by atoms with Crippen LogP contribution in [-0.4, -0.2) is 37.2 Å². The third-order valence-corrected chi connectivity index (χ3v) is 5.10. The molecule has 1 atom stereocenters. The van der Waals surface area contributed by atoms with E-state index < -0.39 is 0 Å². The second-order valence-corrected chi connectivity index (χ2v) is 6.80. The van der Waals surface area contributed by atoms with Gasteiger partial charge in [0.05, 0.1) is 13.2 Å². The highest BCUT2D eigenvalue weighted by Crippen LogP contribution is 2.31. The molecule has 0 saturated carbocycles. The first-order valence-corrected chi connectivity index (χ1v) is 8.39. The predicted molar refractivity (Wildman–Crippen MR) is 91.9 cm³/mol. The zero-order valence-corrected chi connectivity index (χ0v) is 14.5. The number of nitrogens with zero attached hydrogens (tertiary/aromatic N) is 1. The highest BCUT2D eigenvalue weighted by molar-refractivity contribution is 6.22. The first-order chi connectivity index (χ1) is 11.0. The molecule has 0 aliphatic carbocycles. The number of nitrogens with one attached hydrogen (secondary N) is 1. The summed E-state index contributed by atoms with van der Waals surface area (Å²) < 4.78 is 0. The number of rotatable bonds is 3. The summed E-state index contributed by atoms with van der Waals surface area (Å²) >= 11 is 0. The topological polar surface area (TPSA) is 41.6 Å². The van der Waals surface area contributed by atoms with Gasteiger partial charge < -0.3 is 10.2 Å². The maximum absolute atomic E-state index is 12.5. The Hall–Kier alpha value is -1.65. The van der Waals surface area contributed by atoms with E-state index in [2.05, 4.69) is 44.3 Å². The van der Waals surface area contributed by atoms with Crippen LogP contribution in [-0.2, 0) is 9.63 Å². The zero-order chi connectivity index (χ0) is 16.6. The lowest BCUT2D eigenvalue weighted by molar-refractivity contribution is -0.149. The van der Waals surface area contributed by atoms with Crippen molar-refractivity contribution < 1.29 is 9.63 Å². The van der Waals surface area contributed by atoms with Crippen LogP contribution in [0.3, 0.4) is 0 Å². The molecule has 4 nitrogen and oxygen atoms in total. The molecule has 1 saturated heterocycles. The summed E-state index contributed by atoms with van der Waals surface area (Å²) in [5, 5.41) is 5.18. The molecule has 0 bridgehead atoms. The van der Waals surface area contributed by atoms with Crippen LogP contribution in [0.4, 0.5) is 0 Å². The van der Waals surface area contributed by atoms with Gasteiger partial charge in [-0.25, -0.2) is 0 Å². The molecule has 1 unspecified atom stereocenters. The molecule has 23 heavy (non-hydrogen) atoms. The average molecular weight is 314 g/mol. The molecular formula is C19H26N2O2. The van der Waals surface area contributed by atoms with Gasteiger partial charge in [0.2, 0.25) is 0 Å². The van der Waals surface area contributed by atoms with Gasteiger partial charge in [-0.2, -0.15) is 5.06 Å². The standard InChI is InChI=1S/C19H26N2O2/c1-12-9-13(2)18(14(3)10-12)16-11-17(20-19(16)22)15-5-7-21(23-4)8-6-15/h9-11,15,17H,5-8H2,1-4H3,(H,20,22). The molecule has 1 fully saturated rings. The Balaban J connectivity index is 1.83. The van der Waals surface area contributed by atoms with Gasteiger partial charge in [0, 0.05) is 18.7 Å². The van der Waals surface area contributed by atoms with E-state index in [1.165, 1.54) is 16.7 Å². The monoisotopic (exact) mass is 314 g/mol. The quantitative estimate of drug-likeness (QED) is 0.933. The van der Waals surface area contributed by atoms with Crippen LogP contribution in [0.5, 0.6) is 0 Å². The van der Waals surface area contributed by atoms with E-state index in [9.17, 15) is 4.79 Å². The van der Waals surface area contributed by atoms with Crippen LogP contribution in [0.1, 0.15) is 35.1 Å². The van der Waals surface area contributed by atoms with Crippen LogP contribution in [0.15, 0.2) is 18.2 Å². The number of amides is 1. The maximum atomic E-state index is 12.5. The van der Waals surface area contributed by atoms with E-state index >= 15 is 0 Å². The molecule has 1 aromatic rings. The van der Waals surface area contributed by atoms with E-state index in [0.29, 0.717) is 5.92 Å². The van der Waals surface area contributed by atoms with Gasteiger partial charge in [-0.1, -0.05) is 17.7 Å². The fourth-order valence-corrected chi connectivity index (χ4v) is 4.00. The van der Waals surface area contributed by atoms with Crippen molar-refractivity contribution in [3.05, 3.63) is 40.5 Å². The Morgan fingerprint density at radius 3 is 2.30 bits per heavy atom. The van der Waals surface area contributed by atoms with Crippen LogP contribution >= 0.6 is 0 Å². The third-order valence-electron chi connectivity index (χ3n) is 5.10. The Labute approximate surface area is 138 Å². The SMILES string of the molecule is CON1CCC(C2C=C(c3c(C)cc(C)cc3C)C(=O)N2)CC1. The first-order valence-electron chi connectivity index (χ1n) is 8.39. The van der Waals surface area contributed by atoms with E-state index in [-0.39, 0.29) is 11.9 Å². The van der Waals surface area contributed by atoms with Gasteiger partial charge in [0.25, 0.3) is 5.91 Å². The summed E-state index contributed by atoms with van der Waals surface area (Å²) in [6.45, 7) is 8.14. The fourth-order valence-electron chi connectivity index (χ4n) is 4.00.